The van der Waals surface area contributed by atoms with Crippen molar-refractivity contribution in [1.82, 2.24) is 20.2 Å². The first kappa shape index (κ1) is 18.4. The van der Waals surface area contributed by atoms with E-state index in [-0.39, 0.29) is 5.82 Å². The standard InChI is InChI=1S/C19H20FN5O2/c1-3-11-25-19(22-23-24-25)21-12-15-5-4-6-17(26-2)18(15)27-13-14-7-9-16(20)10-8-14/h3-10H,1,11-13H2,2H3,(H,21,22,24). The Morgan fingerprint density at radius 3 is 2.78 bits per heavy atom. The maximum atomic E-state index is 13.1. The molecule has 27 heavy (non-hydrogen) atoms. The van der Waals surface area contributed by atoms with Crippen molar-refractivity contribution in [3.63, 3.8) is 0 Å². The summed E-state index contributed by atoms with van der Waals surface area (Å²) >= 11 is 0. The molecule has 0 amide bonds. The zero-order chi connectivity index (χ0) is 19.1. The van der Waals surface area contributed by atoms with Crippen LogP contribution in [0.4, 0.5) is 10.3 Å². The summed E-state index contributed by atoms with van der Waals surface area (Å²) < 4.78 is 26.1. The van der Waals surface area contributed by atoms with E-state index in [1.807, 2.05) is 18.2 Å². The third kappa shape index (κ3) is 4.60. The summed E-state index contributed by atoms with van der Waals surface area (Å²) in [5.74, 6) is 1.47. The number of rotatable bonds is 9. The van der Waals surface area contributed by atoms with Crippen molar-refractivity contribution in [2.75, 3.05) is 12.4 Å². The molecule has 0 saturated heterocycles. The number of halogens is 1. The number of aromatic nitrogens is 4. The fourth-order valence-corrected chi connectivity index (χ4v) is 2.51. The molecular weight excluding hydrogens is 349 g/mol. The number of methoxy groups -OCH3 is 1. The Morgan fingerprint density at radius 2 is 2.04 bits per heavy atom. The van der Waals surface area contributed by atoms with Crippen molar-refractivity contribution < 1.29 is 13.9 Å². The van der Waals surface area contributed by atoms with Crippen LogP contribution in [-0.4, -0.2) is 27.3 Å². The van der Waals surface area contributed by atoms with E-state index < -0.39 is 0 Å². The molecule has 8 heteroatoms. The summed E-state index contributed by atoms with van der Waals surface area (Å²) in [6, 6.07) is 11.8. The third-order valence-electron chi connectivity index (χ3n) is 3.85. The van der Waals surface area contributed by atoms with E-state index in [0.717, 1.165) is 11.1 Å². The molecule has 1 heterocycles. The lowest BCUT2D eigenvalue weighted by molar-refractivity contribution is 0.281. The molecule has 7 nitrogen and oxygen atoms in total. The molecule has 1 N–H and O–H groups in total. The lowest BCUT2D eigenvalue weighted by Crippen LogP contribution is -2.10. The van der Waals surface area contributed by atoms with Crippen LogP contribution in [0.2, 0.25) is 0 Å². The second kappa shape index (κ2) is 8.79. The first-order valence-corrected chi connectivity index (χ1v) is 8.35. The van der Waals surface area contributed by atoms with Crippen LogP contribution in [0.5, 0.6) is 11.5 Å². The van der Waals surface area contributed by atoms with Gasteiger partial charge in [0.2, 0.25) is 5.95 Å². The van der Waals surface area contributed by atoms with Gasteiger partial charge in [0, 0.05) is 12.1 Å². The van der Waals surface area contributed by atoms with E-state index in [4.69, 9.17) is 9.47 Å². The molecule has 2 aromatic carbocycles. The molecule has 0 saturated carbocycles. The molecule has 0 unspecified atom stereocenters. The second-order valence-electron chi connectivity index (χ2n) is 5.69. The molecule has 0 radical (unpaired) electrons. The van der Waals surface area contributed by atoms with E-state index in [1.54, 1.807) is 30.0 Å². The molecule has 1 aromatic heterocycles. The molecule has 0 aliphatic heterocycles. The summed E-state index contributed by atoms with van der Waals surface area (Å²) in [5.41, 5.74) is 1.74. The molecule has 0 bridgehead atoms. The number of ether oxygens (including phenoxy) is 2. The number of benzene rings is 2. The zero-order valence-electron chi connectivity index (χ0n) is 14.9. The maximum Gasteiger partial charge on any atom is 0.243 e. The highest BCUT2D eigenvalue weighted by Gasteiger charge is 2.12. The Balaban J connectivity index is 1.75. The van der Waals surface area contributed by atoms with Gasteiger partial charge < -0.3 is 14.8 Å². The lowest BCUT2D eigenvalue weighted by Gasteiger charge is -2.16. The van der Waals surface area contributed by atoms with Gasteiger partial charge in [-0.2, -0.15) is 0 Å². The number of nitrogens with one attached hydrogen (secondary N) is 1. The van der Waals surface area contributed by atoms with Crippen LogP contribution in [0.1, 0.15) is 11.1 Å². The second-order valence-corrected chi connectivity index (χ2v) is 5.69. The number of para-hydroxylation sites is 1. The van der Waals surface area contributed by atoms with Crippen molar-refractivity contribution in [2.45, 2.75) is 19.7 Å². The van der Waals surface area contributed by atoms with Crippen LogP contribution in [-0.2, 0) is 19.7 Å². The van der Waals surface area contributed by atoms with Crippen molar-refractivity contribution >= 4 is 5.95 Å². The van der Waals surface area contributed by atoms with Crippen molar-refractivity contribution in [2.24, 2.45) is 0 Å². The molecule has 0 atom stereocenters. The average Bonchev–Trinajstić information content (AvgIpc) is 3.13. The SMILES string of the molecule is C=CCn1nnnc1NCc1cccc(OC)c1OCc1ccc(F)cc1. The monoisotopic (exact) mass is 369 g/mol. The first-order chi connectivity index (χ1) is 13.2. The lowest BCUT2D eigenvalue weighted by atomic mass is 10.1. The van der Waals surface area contributed by atoms with Crippen LogP contribution in [0.3, 0.4) is 0 Å². The highest BCUT2D eigenvalue weighted by molar-refractivity contribution is 5.48. The third-order valence-corrected chi connectivity index (χ3v) is 3.85. The minimum Gasteiger partial charge on any atom is -0.493 e. The largest absolute Gasteiger partial charge is 0.493 e. The highest BCUT2D eigenvalue weighted by atomic mass is 19.1. The van der Waals surface area contributed by atoms with Crippen LogP contribution in [0.25, 0.3) is 0 Å². The van der Waals surface area contributed by atoms with Gasteiger partial charge in [0.05, 0.1) is 13.7 Å². The van der Waals surface area contributed by atoms with Crippen LogP contribution in [0, 0.1) is 5.82 Å². The molecule has 3 aromatic rings. The first-order valence-electron chi connectivity index (χ1n) is 8.35. The zero-order valence-corrected chi connectivity index (χ0v) is 14.9. The molecule has 0 fully saturated rings. The van der Waals surface area contributed by atoms with Gasteiger partial charge in [0.1, 0.15) is 12.4 Å². The Morgan fingerprint density at radius 1 is 1.22 bits per heavy atom. The molecule has 140 valence electrons. The average molecular weight is 369 g/mol. The molecule has 0 aliphatic carbocycles. The van der Waals surface area contributed by atoms with Crippen molar-refractivity contribution in [3.05, 3.63) is 72.1 Å². The van der Waals surface area contributed by atoms with Crippen LogP contribution in [0.15, 0.2) is 55.1 Å². The molecule has 0 aliphatic rings. The van der Waals surface area contributed by atoms with E-state index in [2.05, 4.69) is 27.4 Å². The quantitative estimate of drug-likeness (QED) is 0.584. The van der Waals surface area contributed by atoms with Crippen molar-refractivity contribution in [3.8, 4) is 11.5 Å². The van der Waals surface area contributed by atoms with Gasteiger partial charge in [0.15, 0.2) is 11.5 Å². The number of anilines is 1. The highest BCUT2D eigenvalue weighted by Crippen LogP contribution is 2.32. The van der Waals surface area contributed by atoms with Crippen LogP contribution < -0.4 is 14.8 Å². The Labute approximate surface area is 156 Å². The number of nitrogens with zero attached hydrogens (tertiary/aromatic N) is 4. The number of allylic oxidation sites excluding steroid dienone is 1. The molecular formula is C19H20FN5O2. The summed E-state index contributed by atoms with van der Waals surface area (Å²) in [7, 11) is 1.59. The molecule has 0 spiro atoms. The predicted octanol–water partition coefficient (Wildman–Crippen LogP) is 3.20. The van der Waals surface area contributed by atoms with Gasteiger partial charge in [-0.25, -0.2) is 9.07 Å². The van der Waals surface area contributed by atoms with E-state index in [0.29, 0.717) is 37.1 Å². The van der Waals surface area contributed by atoms with Gasteiger partial charge in [-0.3, -0.25) is 0 Å². The maximum absolute atomic E-state index is 13.1. The fourth-order valence-electron chi connectivity index (χ4n) is 2.51. The van der Waals surface area contributed by atoms with E-state index in [1.165, 1.54) is 12.1 Å². The topological polar surface area (TPSA) is 74.1 Å². The van der Waals surface area contributed by atoms with E-state index in [9.17, 15) is 4.39 Å². The minimum atomic E-state index is -0.279. The normalized spacial score (nSPS) is 10.4. The Hall–Kier alpha value is -3.42. The van der Waals surface area contributed by atoms with Crippen molar-refractivity contribution in [1.29, 1.82) is 0 Å². The fraction of sp³-hybridized carbons (Fsp3) is 0.211. The summed E-state index contributed by atoms with van der Waals surface area (Å²) in [6.45, 7) is 4.92. The minimum absolute atomic E-state index is 0.279. The summed E-state index contributed by atoms with van der Waals surface area (Å²) in [6.07, 6.45) is 1.71. The van der Waals surface area contributed by atoms with Crippen LogP contribution >= 0.6 is 0 Å². The number of tetrazole rings is 1. The Kier molecular flexibility index (Phi) is 5.98. The number of hydrogen-bond acceptors (Lipinski definition) is 6. The van der Waals surface area contributed by atoms with E-state index >= 15 is 0 Å². The van der Waals surface area contributed by atoms with Gasteiger partial charge in [0.25, 0.3) is 0 Å². The van der Waals surface area contributed by atoms with Gasteiger partial charge in [-0.15, -0.1) is 6.58 Å². The summed E-state index contributed by atoms with van der Waals surface area (Å²) in [5, 5.41) is 14.7. The summed E-state index contributed by atoms with van der Waals surface area (Å²) in [4.78, 5) is 0. The Bertz CT molecular complexity index is 895. The predicted molar refractivity (Wildman–Crippen MR) is 99.1 cm³/mol. The molecule has 3 rings (SSSR count). The van der Waals surface area contributed by atoms with Gasteiger partial charge >= 0.3 is 0 Å². The smallest absolute Gasteiger partial charge is 0.243 e. The number of hydrogen-bond donors (Lipinski definition) is 1. The van der Waals surface area contributed by atoms with Gasteiger partial charge in [-0.05, 0) is 34.2 Å². The van der Waals surface area contributed by atoms with Gasteiger partial charge in [-0.1, -0.05) is 35.4 Å².